The summed E-state index contributed by atoms with van der Waals surface area (Å²) in [5, 5.41) is 9.79. The molecule has 1 atom stereocenters. The molecule has 1 aliphatic rings. The maximum atomic E-state index is 9.79. The molecule has 3 heteroatoms. The molecule has 3 nitrogen and oxygen atoms in total. The zero-order valence-electron chi connectivity index (χ0n) is 12.2. The van der Waals surface area contributed by atoms with Crippen LogP contribution in [0.3, 0.4) is 0 Å². The van der Waals surface area contributed by atoms with Gasteiger partial charge in [-0.25, -0.2) is 0 Å². The summed E-state index contributed by atoms with van der Waals surface area (Å²) in [6.45, 7) is 0.646. The average molecular weight is 284 g/mol. The molecule has 0 heterocycles. The molecule has 0 bridgehead atoms. The third kappa shape index (κ3) is 3.19. The highest BCUT2D eigenvalue weighted by Crippen LogP contribution is 2.33. The summed E-state index contributed by atoms with van der Waals surface area (Å²) in [5.74, 6) is 1.76. The van der Waals surface area contributed by atoms with E-state index in [4.69, 9.17) is 9.47 Å². The van der Waals surface area contributed by atoms with Crippen molar-refractivity contribution in [1.29, 1.82) is 0 Å². The van der Waals surface area contributed by atoms with Crippen LogP contribution in [0.15, 0.2) is 42.5 Å². The predicted octanol–water partition coefficient (Wildman–Crippen LogP) is 3.30. The quantitative estimate of drug-likeness (QED) is 0.915. The van der Waals surface area contributed by atoms with Crippen molar-refractivity contribution in [3.05, 3.63) is 59.2 Å². The van der Waals surface area contributed by atoms with Crippen molar-refractivity contribution in [3.63, 3.8) is 0 Å². The number of hydrogen-bond acceptors (Lipinski definition) is 3. The second kappa shape index (κ2) is 6.19. The Labute approximate surface area is 125 Å². The fourth-order valence-corrected chi connectivity index (χ4v) is 2.74. The number of hydrogen-bond donors (Lipinski definition) is 1. The normalized spacial score (nSPS) is 16.6. The zero-order valence-corrected chi connectivity index (χ0v) is 12.2. The van der Waals surface area contributed by atoms with Crippen molar-refractivity contribution in [3.8, 4) is 11.5 Å². The van der Waals surface area contributed by atoms with Crippen molar-refractivity contribution >= 4 is 0 Å². The Morgan fingerprint density at radius 3 is 2.62 bits per heavy atom. The van der Waals surface area contributed by atoms with Crippen LogP contribution in [0.2, 0.25) is 0 Å². The van der Waals surface area contributed by atoms with Gasteiger partial charge in [-0.2, -0.15) is 0 Å². The van der Waals surface area contributed by atoms with Gasteiger partial charge in [-0.05, 0) is 53.8 Å². The van der Waals surface area contributed by atoms with Crippen LogP contribution in [0.5, 0.6) is 11.5 Å². The van der Waals surface area contributed by atoms with Crippen LogP contribution in [0.1, 0.15) is 29.2 Å². The van der Waals surface area contributed by atoms with E-state index >= 15 is 0 Å². The Kier molecular flexibility index (Phi) is 4.11. The van der Waals surface area contributed by atoms with Gasteiger partial charge in [-0.3, -0.25) is 0 Å². The Hall–Kier alpha value is -2.00. The summed E-state index contributed by atoms with van der Waals surface area (Å²) in [6.07, 6.45) is 2.33. The minimum absolute atomic E-state index is 0.298. The third-order valence-corrected chi connectivity index (χ3v) is 3.98. The molecule has 0 amide bonds. The highest BCUT2D eigenvalue weighted by atomic mass is 16.5. The van der Waals surface area contributed by atoms with Gasteiger partial charge in [0.15, 0.2) is 0 Å². The molecule has 21 heavy (non-hydrogen) atoms. The molecular formula is C18H20O3. The summed E-state index contributed by atoms with van der Waals surface area (Å²) in [6, 6.07) is 14.0. The van der Waals surface area contributed by atoms with Crippen molar-refractivity contribution < 1.29 is 14.6 Å². The molecule has 1 N–H and O–H groups in total. The Balaban J connectivity index is 1.55. The number of aliphatic hydroxyl groups excluding tert-OH is 1. The van der Waals surface area contributed by atoms with Crippen LogP contribution in [0.4, 0.5) is 0 Å². The number of methoxy groups -OCH3 is 1. The maximum Gasteiger partial charge on any atom is 0.119 e. The Morgan fingerprint density at radius 1 is 1.10 bits per heavy atom. The van der Waals surface area contributed by atoms with E-state index in [0.29, 0.717) is 6.61 Å². The molecule has 0 aromatic heterocycles. The maximum absolute atomic E-state index is 9.79. The first-order valence-electron chi connectivity index (χ1n) is 7.33. The Bertz CT molecular complexity index is 604. The molecule has 3 rings (SSSR count). The lowest BCUT2D eigenvalue weighted by molar-refractivity contribution is 0.180. The van der Waals surface area contributed by atoms with Gasteiger partial charge in [0.05, 0.1) is 19.8 Å². The van der Waals surface area contributed by atoms with Crippen LogP contribution in [-0.4, -0.2) is 18.8 Å². The molecule has 110 valence electrons. The molecule has 0 saturated heterocycles. The highest BCUT2D eigenvalue weighted by molar-refractivity contribution is 5.39. The lowest BCUT2D eigenvalue weighted by atomic mass is 10.1. The fourth-order valence-electron chi connectivity index (χ4n) is 2.74. The smallest absolute Gasteiger partial charge is 0.119 e. The van der Waals surface area contributed by atoms with E-state index in [1.807, 2.05) is 24.3 Å². The summed E-state index contributed by atoms with van der Waals surface area (Å²) in [5.41, 5.74) is 3.49. The number of aryl methyl sites for hydroxylation is 1. The van der Waals surface area contributed by atoms with Gasteiger partial charge >= 0.3 is 0 Å². The van der Waals surface area contributed by atoms with Crippen LogP contribution in [0.25, 0.3) is 0 Å². The number of ether oxygens (including phenoxy) is 2. The SMILES string of the molecule is COc1ccc(CCOc2ccc3c(c2)CC[C@H]3O)cc1. The standard InChI is InChI=1S/C18H20O3/c1-20-15-5-2-13(3-6-15)10-11-21-16-7-8-17-14(12-16)4-9-18(17)19/h2-3,5-8,12,18-19H,4,9-11H2,1H3/t18-/m1/s1. The van der Waals surface area contributed by atoms with E-state index in [1.165, 1.54) is 11.1 Å². The second-order valence-electron chi connectivity index (χ2n) is 5.36. The number of fused-ring (bicyclic) bond motifs is 1. The summed E-state index contributed by atoms with van der Waals surface area (Å²) in [4.78, 5) is 0. The fraction of sp³-hybridized carbons (Fsp3) is 0.333. The summed E-state index contributed by atoms with van der Waals surface area (Å²) >= 11 is 0. The first-order chi connectivity index (χ1) is 10.3. The monoisotopic (exact) mass is 284 g/mol. The minimum atomic E-state index is -0.298. The van der Waals surface area contributed by atoms with E-state index < -0.39 is 0 Å². The van der Waals surface area contributed by atoms with Crippen molar-refractivity contribution in [2.45, 2.75) is 25.4 Å². The highest BCUT2D eigenvalue weighted by Gasteiger charge is 2.20. The summed E-state index contributed by atoms with van der Waals surface area (Å²) in [7, 11) is 1.67. The lowest BCUT2D eigenvalue weighted by Gasteiger charge is -2.09. The van der Waals surface area contributed by atoms with E-state index in [0.717, 1.165) is 36.3 Å². The molecule has 0 fully saturated rings. The number of aliphatic hydroxyl groups is 1. The molecule has 0 saturated carbocycles. The molecule has 2 aromatic carbocycles. The van der Waals surface area contributed by atoms with Gasteiger partial charge in [-0.1, -0.05) is 18.2 Å². The minimum Gasteiger partial charge on any atom is -0.497 e. The largest absolute Gasteiger partial charge is 0.497 e. The van der Waals surface area contributed by atoms with Gasteiger partial charge < -0.3 is 14.6 Å². The van der Waals surface area contributed by atoms with E-state index in [2.05, 4.69) is 18.2 Å². The predicted molar refractivity (Wildman–Crippen MR) is 81.9 cm³/mol. The molecule has 0 spiro atoms. The van der Waals surface area contributed by atoms with Gasteiger partial charge in [0.25, 0.3) is 0 Å². The Morgan fingerprint density at radius 2 is 1.86 bits per heavy atom. The average Bonchev–Trinajstić information content (AvgIpc) is 2.89. The van der Waals surface area contributed by atoms with Crippen LogP contribution >= 0.6 is 0 Å². The zero-order chi connectivity index (χ0) is 14.7. The van der Waals surface area contributed by atoms with Gasteiger partial charge in [0, 0.05) is 6.42 Å². The van der Waals surface area contributed by atoms with Crippen LogP contribution in [0, 0.1) is 0 Å². The molecular weight excluding hydrogens is 264 g/mol. The third-order valence-electron chi connectivity index (χ3n) is 3.98. The molecule has 1 aliphatic carbocycles. The van der Waals surface area contributed by atoms with Crippen molar-refractivity contribution in [2.75, 3.05) is 13.7 Å². The molecule has 0 unspecified atom stereocenters. The van der Waals surface area contributed by atoms with E-state index in [9.17, 15) is 5.11 Å². The van der Waals surface area contributed by atoms with E-state index in [-0.39, 0.29) is 6.10 Å². The van der Waals surface area contributed by atoms with Crippen LogP contribution in [-0.2, 0) is 12.8 Å². The second-order valence-corrected chi connectivity index (χ2v) is 5.36. The van der Waals surface area contributed by atoms with Crippen molar-refractivity contribution in [2.24, 2.45) is 0 Å². The number of benzene rings is 2. The topological polar surface area (TPSA) is 38.7 Å². The molecule has 2 aromatic rings. The van der Waals surface area contributed by atoms with Gasteiger partial charge in [-0.15, -0.1) is 0 Å². The van der Waals surface area contributed by atoms with Gasteiger partial charge in [0.1, 0.15) is 11.5 Å². The first kappa shape index (κ1) is 14.0. The first-order valence-corrected chi connectivity index (χ1v) is 7.33. The van der Waals surface area contributed by atoms with E-state index in [1.54, 1.807) is 7.11 Å². The van der Waals surface area contributed by atoms with Gasteiger partial charge in [0.2, 0.25) is 0 Å². The number of rotatable bonds is 5. The molecule has 0 radical (unpaired) electrons. The van der Waals surface area contributed by atoms with Crippen LogP contribution < -0.4 is 9.47 Å². The molecule has 0 aliphatic heterocycles. The summed E-state index contributed by atoms with van der Waals surface area (Å²) < 4.78 is 11.0. The lowest BCUT2D eigenvalue weighted by Crippen LogP contribution is -2.02. The van der Waals surface area contributed by atoms with Crippen molar-refractivity contribution in [1.82, 2.24) is 0 Å².